The van der Waals surface area contributed by atoms with Gasteiger partial charge in [-0.3, -0.25) is 9.59 Å². The van der Waals surface area contributed by atoms with Gasteiger partial charge in [-0.15, -0.1) is 0 Å². The number of carbonyl (C=O) groups is 2. The molecule has 9 heteroatoms. The van der Waals surface area contributed by atoms with E-state index < -0.39 is 23.5 Å². The quantitative estimate of drug-likeness (QED) is 0.850. The van der Waals surface area contributed by atoms with Gasteiger partial charge in [-0.1, -0.05) is 6.07 Å². The first-order valence-corrected chi connectivity index (χ1v) is 9.09. The van der Waals surface area contributed by atoms with Crippen molar-refractivity contribution < 1.29 is 23.1 Å². The number of benzene rings is 1. The van der Waals surface area contributed by atoms with Crippen LogP contribution in [0, 0.1) is 18.6 Å². The summed E-state index contributed by atoms with van der Waals surface area (Å²) in [6.45, 7) is 4.13. The summed E-state index contributed by atoms with van der Waals surface area (Å²) in [6.07, 6.45) is 1.87. The average molecular weight is 390 g/mol. The smallest absolute Gasteiger partial charge is 0.274 e. The number of hydrogen-bond acceptors (Lipinski definition) is 4. The molecule has 1 atom stereocenters. The molecule has 3 heterocycles. The molecule has 2 aliphatic rings. The Kier molecular flexibility index (Phi) is 4.41. The van der Waals surface area contributed by atoms with Crippen molar-refractivity contribution in [2.75, 3.05) is 13.1 Å². The van der Waals surface area contributed by atoms with Crippen molar-refractivity contribution >= 4 is 11.8 Å². The summed E-state index contributed by atoms with van der Waals surface area (Å²) in [5, 5.41) is 7.00. The maximum Gasteiger partial charge on any atom is 0.274 e. The van der Waals surface area contributed by atoms with Crippen LogP contribution in [0.5, 0.6) is 0 Å². The number of amides is 2. The van der Waals surface area contributed by atoms with Crippen LogP contribution in [0.4, 0.5) is 8.78 Å². The number of para-hydroxylation sites is 1. The van der Waals surface area contributed by atoms with E-state index in [1.807, 2.05) is 0 Å². The highest BCUT2D eigenvalue weighted by Crippen LogP contribution is 2.30. The van der Waals surface area contributed by atoms with E-state index in [1.54, 1.807) is 18.7 Å². The number of halogens is 2. The van der Waals surface area contributed by atoms with Gasteiger partial charge in [0.25, 0.3) is 11.8 Å². The van der Waals surface area contributed by atoms with Gasteiger partial charge in [0, 0.05) is 37.7 Å². The first kappa shape index (κ1) is 18.5. The molecule has 1 unspecified atom stereocenters. The average Bonchev–Trinajstić information content (AvgIpc) is 3.15. The largest absolute Gasteiger partial charge is 0.343 e. The lowest BCUT2D eigenvalue weighted by atomic mass is 10.0. The predicted octanol–water partition coefficient (Wildman–Crippen LogP) is 1.93. The molecule has 28 heavy (non-hydrogen) atoms. The van der Waals surface area contributed by atoms with Gasteiger partial charge in [0.2, 0.25) is 0 Å². The molecule has 2 aliphatic heterocycles. The van der Waals surface area contributed by atoms with Gasteiger partial charge in [-0.25, -0.2) is 13.5 Å². The fourth-order valence-corrected chi connectivity index (χ4v) is 3.71. The molecule has 2 amide bonds. The Labute approximate surface area is 160 Å². The highest BCUT2D eigenvalue weighted by molar-refractivity contribution is 5.93. The van der Waals surface area contributed by atoms with E-state index in [1.165, 1.54) is 12.3 Å². The maximum atomic E-state index is 14.0. The molecule has 0 bridgehead atoms. The highest BCUT2D eigenvalue weighted by atomic mass is 19.1. The zero-order chi connectivity index (χ0) is 20.1. The van der Waals surface area contributed by atoms with Crippen molar-refractivity contribution in [2.45, 2.75) is 38.5 Å². The lowest BCUT2D eigenvalue weighted by molar-refractivity contribution is -0.123. The van der Waals surface area contributed by atoms with Crippen molar-refractivity contribution in [3.63, 3.8) is 0 Å². The van der Waals surface area contributed by atoms with Crippen LogP contribution in [0.2, 0.25) is 0 Å². The van der Waals surface area contributed by atoms with Crippen molar-refractivity contribution in [1.82, 2.24) is 20.0 Å². The summed E-state index contributed by atoms with van der Waals surface area (Å²) < 4.78 is 34.8. The van der Waals surface area contributed by atoms with Crippen LogP contribution in [0.1, 0.15) is 35.8 Å². The third-order valence-corrected chi connectivity index (χ3v) is 5.25. The zero-order valence-electron chi connectivity index (χ0n) is 15.5. The molecule has 2 saturated heterocycles. The van der Waals surface area contributed by atoms with Crippen LogP contribution in [0.3, 0.4) is 0 Å². The molecular weight excluding hydrogens is 370 g/mol. The first-order valence-electron chi connectivity index (χ1n) is 9.09. The Morgan fingerprint density at radius 2 is 1.93 bits per heavy atom. The van der Waals surface area contributed by atoms with E-state index >= 15 is 0 Å². The monoisotopic (exact) mass is 390 g/mol. The van der Waals surface area contributed by atoms with Gasteiger partial charge in [0.05, 0.1) is 0 Å². The highest BCUT2D eigenvalue weighted by Gasteiger charge is 2.46. The predicted molar refractivity (Wildman–Crippen MR) is 94.8 cm³/mol. The standard InChI is InChI=1S/C19H20F2N4O3/c1-11-10-25(16-13(20)4-3-5-14(16)21)23-15(11)18(27)24-8-6-19(7-9-24)22-17(26)12(2)28-19/h3-5,10,12H,6-9H2,1-2H3,(H,22,26). The van der Waals surface area contributed by atoms with Gasteiger partial charge in [-0.2, -0.15) is 5.10 Å². The van der Waals surface area contributed by atoms with E-state index in [4.69, 9.17) is 4.74 Å². The fourth-order valence-electron chi connectivity index (χ4n) is 3.71. The number of ether oxygens (including phenoxy) is 1. The molecule has 0 saturated carbocycles. The minimum Gasteiger partial charge on any atom is -0.343 e. The van der Waals surface area contributed by atoms with Gasteiger partial charge in [0.15, 0.2) is 17.3 Å². The van der Waals surface area contributed by atoms with Gasteiger partial charge in [-0.05, 0) is 26.0 Å². The van der Waals surface area contributed by atoms with Crippen molar-refractivity contribution in [2.24, 2.45) is 0 Å². The number of nitrogens with one attached hydrogen (secondary N) is 1. The number of aryl methyl sites for hydroxylation is 1. The molecule has 0 aliphatic carbocycles. The number of rotatable bonds is 2. The molecule has 1 N–H and O–H groups in total. The minimum absolute atomic E-state index is 0.142. The topological polar surface area (TPSA) is 76.5 Å². The molecule has 1 aromatic heterocycles. The summed E-state index contributed by atoms with van der Waals surface area (Å²) in [4.78, 5) is 26.2. The second-order valence-corrected chi connectivity index (χ2v) is 7.21. The number of aromatic nitrogens is 2. The summed E-state index contributed by atoms with van der Waals surface area (Å²) in [6, 6.07) is 3.54. The molecule has 2 aromatic rings. The van der Waals surface area contributed by atoms with Gasteiger partial charge >= 0.3 is 0 Å². The Morgan fingerprint density at radius 1 is 1.29 bits per heavy atom. The number of carbonyl (C=O) groups excluding carboxylic acids is 2. The second-order valence-electron chi connectivity index (χ2n) is 7.21. The third kappa shape index (κ3) is 3.05. The molecular formula is C19H20F2N4O3. The van der Waals surface area contributed by atoms with Crippen molar-refractivity contribution in [3.05, 3.63) is 47.3 Å². The normalized spacial score (nSPS) is 21.2. The number of likely N-dealkylation sites (tertiary alicyclic amines) is 1. The van der Waals surface area contributed by atoms with Crippen LogP contribution in [0.25, 0.3) is 5.69 Å². The Bertz CT molecular complexity index is 930. The summed E-state index contributed by atoms with van der Waals surface area (Å²) >= 11 is 0. The van der Waals surface area contributed by atoms with Crippen LogP contribution in [-0.4, -0.2) is 51.4 Å². The first-order chi connectivity index (χ1) is 13.3. The van der Waals surface area contributed by atoms with E-state index in [-0.39, 0.29) is 23.2 Å². The molecule has 0 radical (unpaired) electrons. The fraction of sp³-hybridized carbons (Fsp3) is 0.421. The minimum atomic E-state index is -0.760. The number of nitrogens with zero attached hydrogens (tertiary/aromatic N) is 3. The lowest BCUT2D eigenvalue weighted by Crippen LogP contribution is -2.53. The van der Waals surface area contributed by atoms with Crippen LogP contribution in [-0.2, 0) is 9.53 Å². The van der Waals surface area contributed by atoms with Gasteiger partial charge < -0.3 is 15.0 Å². The van der Waals surface area contributed by atoms with E-state index in [0.29, 0.717) is 31.5 Å². The Morgan fingerprint density at radius 3 is 2.50 bits per heavy atom. The molecule has 4 rings (SSSR count). The van der Waals surface area contributed by atoms with E-state index in [0.717, 1.165) is 16.8 Å². The Balaban J connectivity index is 1.52. The van der Waals surface area contributed by atoms with Crippen LogP contribution < -0.4 is 5.32 Å². The summed E-state index contributed by atoms with van der Waals surface area (Å²) in [7, 11) is 0. The van der Waals surface area contributed by atoms with E-state index in [2.05, 4.69) is 10.4 Å². The van der Waals surface area contributed by atoms with Crippen molar-refractivity contribution in [1.29, 1.82) is 0 Å². The third-order valence-electron chi connectivity index (χ3n) is 5.25. The van der Waals surface area contributed by atoms with Crippen LogP contribution in [0.15, 0.2) is 24.4 Å². The second kappa shape index (κ2) is 6.66. The molecule has 1 spiro atoms. The molecule has 7 nitrogen and oxygen atoms in total. The van der Waals surface area contributed by atoms with Crippen molar-refractivity contribution in [3.8, 4) is 5.69 Å². The summed E-state index contributed by atoms with van der Waals surface area (Å²) in [5.74, 6) is -1.99. The Hall–Kier alpha value is -2.81. The zero-order valence-corrected chi connectivity index (χ0v) is 15.5. The number of hydrogen-bond donors (Lipinski definition) is 1. The molecule has 2 fully saturated rings. The lowest BCUT2D eigenvalue weighted by Gasteiger charge is -2.38. The number of piperidine rings is 1. The van der Waals surface area contributed by atoms with E-state index in [9.17, 15) is 18.4 Å². The van der Waals surface area contributed by atoms with Crippen LogP contribution >= 0.6 is 0 Å². The summed E-state index contributed by atoms with van der Waals surface area (Å²) in [5.41, 5.74) is -0.383. The van der Waals surface area contributed by atoms with Gasteiger partial charge in [0.1, 0.15) is 17.5 Å². The molecule has 148 valence electrons. The molecule has 1 aromatic carbocycles. The SMILES string of the molecule is Cc1cn(-c2c(F)cccc2F)nc1C(=O)N1CCC2(CC1)NC(=O)C(C)O2. The maximum absolute atomic E-state index is 14.0.